The molecule has 2 atom stereocenters. The maximum absolute atomic E-state index is 13.2. The van der Waals surface area contributed by atoms with Crippen molar-refractivity contribution < 1.29 is 33.9 Å². The number of nitrogen functional groups attached to an aromatic ring is 1. The second-order valence-corrected chi connectivity index (χ2v) is 11.7. The highest BCUT2D eigenvalue weighted by molar-refractivity contribution is 8.04. The number of nitrogens with zero attached hydrogens (tertiary/aromatic N) is 6. The first kappa shape index (κ1) is 29.8. The van der Waals surface area contributed by atoms with E-state index in [1.54, 1.807) is 24.3 Å². The van der Waals surface area contributed by atoms with Crippen LogP contribution in [-0.4, -0.2) is 90.6 Å². The molecule has 222 valence electrons. The Morgan fingerprint density at radius 2 is 1.98 bits per heavy atom. The van der Waals surface area contributed by atoms with Crippen LogP contribution < -0.4 is 11.1 Å². The lowest BCUT2D eigenvalue weighted by Gasteiger charge is -2.49. The number of hydrogen-bond acceptors (Lipinski definition) is 14. The van der Waals surface area contributed by atoms with Gasteiger partial charge in [-0.3, -0.25) is 14.5 Å². The number of para-hydroxylation sites is 1. The Morgan fingerprint density at radius 3 is 2.60 bits per heavy atom. The number of ether oxygens (including phenoxy) is 1. The molecule has 4 N–H and O–H groups in total. The van der Waals surface area contributed by atoms with Crippen molar-refractivity contribution in [3.8, 4) is 5.69 Å². The van der Waals surface area contributed by atoms with E-state index in [0.29, 0.717) is 10.6 Å². The van der Waals surface area contributed by atoms with Crippen molar-refractivity contribution in [1.29, 1.82) is 0 Å². The number of allylic oxidation sites excluding steroid dienone is 1. The summed E-state index contributed by atoms with van der Waals surface area (Å²) in [4.78, 5) is 65.5. The number of methoxy groups -OCH3 is 1. The number of rotatable bonds is 10. The van der Waals surface area contributed by atoms with Crippen LogP contribution in [-0.2, 0) is 24.0 Å². The normalized spacial score (nSPS) is 18.2. The minimum Gasteiger partial charge on any atom is -0.477 e. The first-order valence-electron chi connectivity index (χ1n) is 12.2. The van der Waals surface area contributed by atoms with E-state index in [4.69, 9.17) is 15.3 Å². The second-order valence-electron chi connectivity index (χ2n) is 8.66. The van der Waals surface area contributed by atoms with Gasteiger partial charge < -0.3 is 25.7 Å². The molecule has 1 aromatic carbocycles. The standard InChI is InChI=1S/C25H22N8O7S3/c1-11-13(9-42-25-29-18(23(38)39-2)33(30-25)12-7-5-4-6-8-12)17(22(36)37)32-20(35)16(21(32)43-11)28-19(34)15(31-40-3)14-10-41-24(26)27-14/h4-8,10,16,21H,1,9H2,2-3H3,(H2,26,27)(H,28,34)(H,36,37)/t16-,21-/m1/s1. The van der Waals surface area contributed by atoms with Gasteiger partial charge in [0.05, 0.1) is 12.8 Å². The highest BCUT2D eigenvalue weighted by atomic mass is 32.2. The molecule has 2 aromatic heterocycles. The van der Waals surface area contributed by atoms with Crippen LogP contribution in [0.5, 0.6) is 0 Å². The van der Waals surface area contributed by atoms with Crippen molar-refractivity contribution in [1.82, 2.24) is 30.0 Å². The van der Waals surface area contributed by atoms with E-state index in [9.17, 15) is 24.3 Å². The number of aliphatic carboxylic acids is 1. The molecular formula is C25H22N8O7S3. The predicted octanol–water partition coefficient (Wildman–Crippen LogP) is 1.49. The van der Waals surface area contributed by atoms with E-state index in [-0.39, 0.29) is 44.5 Å². The number of hydrogen-bond donors (Lipinski definition) is 3. The van der Waals surface area contributed by atoms with Crippen LogP contribution in [0, 0.1) is 0 Å². The van der Waals surface area contributed by atoms with Gasteiger partial charge in [-0.05, 0) is 12.1 Å². The lowest BCUT2D eigenvalue weighted by molar-refractivity contribution is -0.150. The molecule has 4 heterocycles. The van der Waals surface area contributed by atoms with E-state index < -0.39 is 35.2 Å². The third-order valence-corrected chi connectivity index (χ3v) is 8.92. The fourth-order valence-electron chi connectivity index (χ4n) is 4.20. The Hall–Kier alpha value is -4.68. The molecule has 2 aliphatic rings. The number of thiazole rings is 1. The van der Waals surface area contributed by atoms with Gasteiger partial charge in [-0.15, -0.1) is 16.4 Å². The van der Waals surface area contributed by atoms with Gasteiger partial charge in [-0.2, -0.15) is 4.98 Å². The Morgan fingerprint density at radius 1 is 1.23 bits per heavy atom. The average molecular weight is 643 g/mol. The molecule has 5 rings (SSSR count). The van der Waals surface area contributed by atoms with Crippen LogP contribution >= 0.6 is 34.9 Å². The number of thioether (sulfide) groups is 2. The molecule has 2 amide bonds. The van der Waals surface area contributed by atoms with Crippen molar-refractivity contribution in [2.45, 2.75) is 16.6 Å². The van der Waals surface area contributed by atoms with Crippen LogP contribution in [0.1, 0.15) is 16.3 Å². The summed E-state index contributed by atoms with van der Waals surface area (Å²) < 4.78 is 6.16. The first-order chi connectivity index (χ1) is 20.6. The van der Waals surface area contributed by atoms with Gasteiger partial charge in [0.25, 0.3) is 11.8 Å². The van der Waals surface area contributed by atoms with Crippen molar-refractivity contribution >= 4 is 69.5 Å². The monoisotopic (exact) mass is 642 g/mol. The molecule has 15 nitrogen and oxygen atoms in total. The van der Waals surface area contributed by atoms with Crippen molar-refractivity contribution in [3.63, 3.8) is 0 Å². The molecule has 2 aliphatic heterocycles. The molecule has 0 saturated carbocycles. The number of nitrogens with two attached hydrogens (primary N) is 1. The number of carbonyl (C=O) groups excluding carboxylic acids is 3. The summed E-state index contributed by atoms with van der Waals surface area (Å²) in [6, 6.07) is 7.76. The molecule has 3 aromatic rings. The van der Waals surface area contributed by atoms with E-state index in [1.165, 1.54) is 24.3 Å². The quantitative estimate of drug-likeness (QED) is 0.0944. The van der Waals surface area contributed by atoms with Gasteiger partial charge >= 0.3 is 11.9 Å². The minimum absolute atomic E-state index is 0.0241. The number of anilines is 1. The van der Waals surface area contributed by atoms with Gasteiger partial charge in [0.15, 0.2) is 10.8 Å². The number of esters is 1. The molecule has 0 aliphatic carbocycles. The molecular weight excluding hydrogens is 621 g/mol. The molecule has 43 heavy (non-hydrogen) atoms. The Kier molecular flexibility index (Phi) is 8.51. The Bertz CT molecular complexity index is 1700. The third-order valence-electron chi connectivity index (χ3n) is 6.12. The van der Waals surface area contributed by atoms with E-state index in [0.717, 1.165) is 39.8 Å². The number of carboxylic acid groups (broad SMARTS) is 1. The Balaban J connectivity index is 1.36. The largest absolute Gasteiger partial charge is 0.477 e. The minimum atomic E-state index is -1.35. The molecule has 0 radical (unpaired) electrons. The van der Waals surface area contributed by atoms with Gasteiger partial charge in [-0.1, -0.05) is 53.5 Å². The molecule has 0 unspecified atom stereocenters. The van der Waals surface area contributed by atoms with Crippen LogP contribution in [0.3, 0.4) is 0 Å². The van der Waals surface area contributed by atoms with Gasteiger partial charge in [0.2, 0.25) is 11.0 Å². The highest BCUT2D eigenvalue weighted by Gasteiger charge is 2.55. The number of benzene rings is 1. The summed E-state index contributed by atoms with van der Waals surface area (Å²) in [5.74, 6) is -3.47. The smallest absolute Gasteiger partial charge is 0.376 e. The number of amides is 2. The fourth-order valence-corrected chi connectivity index (χ4v) is 6.95. The predicted molar refractivity (Wildman–Crippen MR) is 157 cm³/mol. The summed E-state index contributed by atoms with van der Waals surface area (Å²) in [5, 5.41) is 21.9. The summed E-state index contributed by atoms with van der Waals surface area (Å²) in [6.07, 6.45) is 0. The molecule has 1 fully saturated rings. The maximum atomic E-state index is 13.2. The lowest BCUT2D eigenvalue weighted by Crippen LogP contribution is -2.70. The molecule has 1 saturated heterocycles. The number of oxime groups is 1. The van der Waals surface area contributed by atoms with E-state index in [2.05, 4.69) is 32.1 Å². The second kappa shape index (κ2) is 12.3. The number of carboxylic acids is 1. The zero-order chi connectivity index (χ0) is 30.8. The van der Waals surface area contributed by atoms with Gasteiger partial charge in [0, 0.05) is 21.6 Å². The zero-order valence-corrected chi connectivity index (χ0v) is 24.9. The number of fused-ring (bicyclic) bond motifs is 1. The maximum Gasteiger partial charge on any atom is 0.376 e. The van der Waals surface area contributed by atoms with E-state index >= 15 is 0 Å². The summed E-state index contributed by atoms with van der Waals surface area (Å²) >= 11 is 3.28. The summed E-state index contributed by atoms with van der Waals surface area (Å²) in [7, 11) is 2.48. The topological polar surface area (TPSA) is 204 Å². The van der Waals surface area contributed by atoms with Crippen LogP contribution in [0.2, 0.25) is 0 Å². The number of β-lactam (4-membered cyclic amide) rings is 1. The summed E-state index contributed by atoms with van der Waals surface area (Å²) in [5.41, 5.74) is 6.20. The lowest BCUT2D eigenvalue weighted by atomic mass is 10.0. The molecule has 0 spiro atoms. The van der Waals surface area contributed by atoms with E-state index in [1.807, 2.05) is 6.07 Å². The fraction of sp³-hybridized carbons (Fsp3) is 0.200. The van der Waals surface area contributed by atoms with Crippen molar-refractivity contribution in [3.05, 3.63) is 70.0 Å². The van der Waals surface area contributed by atoms with Crippen molar-refractivity contribution in [2.75, 3.05) is 25.7 Å². The number of aromatic nitrogens is 4. The first-order valence-corrected chi connectivity index (χ1v) is 14.9. The Labute approximate surface area is 255 Å². The van der Waals surface area contributed by atoms with Crippen molar-refractivity contribution in [2.24, 2.45) is 5.16 Å². The summed E-state index contributed by atoms with van der Waals surface area (Å²) in [6.45, 7) is 4.02. The SMILES string of the molecule is C=C1S[C@@H]2[C@H](NC(=O)C(=NOC)c3csc(N)n3)C(=O)N2C(C(=O)O)=C1CSc1nc(C(=O)OC)n(-c2ccccc2)n1. The van der Waals surface area contributed by atoms with Gasteiger partial charge in [0.1, 0.15) is 29.9 Å². The van der Waals surface area contributed by atoms with Gasteiger partial charge in [-0.25, -0.2) is 19.3 Å². The molecule has 0 bridgehead atoms. The van der Waals surface area contributed by atoms with Crippen LogP contribution in [0.4, 0.5) is 5.13 Å². The number of carbonyl (C=O) groups is 4. The average Bonchev–Trinajstić information content (AvgIpc) is 3.63. The third kappa shape index (κ3) is 5.71. The molecule has 18 heteroatoms. The number of nitrogens with one attached hydrogen (secondary N) is 1. The van der Waals surface area contributed by atoms with Crippen LogP contribution in [0.15, 0.2) is 68.8 Å². The van der Waals surface area contributed by atoms with Crippen LogP contribution in [0.25, 0.3) is 5.69 Å². The highest BCUT2D eigenvalue weighted by Crippen LogP contribution is 2.46. The zero-order valence-electron chi connectivity index (χ0n) is 22.4.